The second-order valence-electron chi connectivity index (χ2n) is 8.58. The largest absolute Gasteiger partial charge is 0.444 e. The Morgan fingerprint density at radius 3 is 2.63 bits per heavy atom. The first kappa shape index (κ1) is 22.5. The van der Waals surface area contributed by atoms with Gasteiger partial charge in [0, 0.05) is 25.1 Å². The van der Waals surface area contributed by atoms with Gasteiger partial charge in [-0.05, 0) is 52.2 Å². The van der Waals surface area contributed by atoms with Gasteiger partial charge in [0.15, 0.2) is 5.15 Å². The van der Waals surface area contributed by atoms with Gasteiger partial charge in [0.05, 0.1) is 11.7 Å². The molecule has 2 aromatic rings. The molecule has 0 aliphatic carbocycles. The summed E-state index contributed by atoms with van der Waals surface area (Å²) in [5, 5.41) is 0.348. The Morgan fingerprint density at radius 1 is 1.30 bits per heavy atom. The number of rotatable bonds is 4. The van der Waals surface area contributed by atoms with E-state index in [-0.39, 0.29) is 5.56 Å². The number of imidazole rings is 1. The summed E-state index contributed by atoms with van der Waals surface area (Å²) in [5.74, 6) is -0.269. The van der Waals surface area contributed by atoms with Gasteiger partial charge >= 0.3 is 6.09 Å². The zero-order valence-corrected chi connectivity index (χ0v) is 18.8. The van der Waals surface area contributed by atoms with Gasteiger partial charge < -0.3 is 9.30 Å². The van der Waals surface area contributed by atoms with E-state index in [9.17, 15) is 13.6 Å². The molecule has 0 radical (unpaired) electrons. The number of halogens is 3. The van der Waals surface area contributed by atoms with Crippen molar-refractivity contribution in [3.05, 3.63) is 51.6 Å². The highest BCUT2D eigenvalue weighted by atomic mass is 35.5. The highest BCUT2D eigenvalue weighted by molar-refractivity contribution is 6.30. The van der Waals surface area contributed by atoms with Crippen LogP contribution in [-0.4, -0.2) is 32.7 Å². The van der Waals surface area contributed by atoms with Crippen molar-refractivity contribution < 1.29 is 18.3 Å². The number of fused-ring (bicyclic) bond motifs is 1. The van der Waals surface area contributed by atoms with Crippen molar-refractivity contribution in [1.29, 1.82) is 0 Å². The van der Waals surface area contributed by atoms with Crippen LogP contribution in [-0.2, 0) is 24.1 Å². The van der Waals surface area contributed by atoms with Crippen molar-refractivity contribution in [2.75, 3.05) is 6.54 Å². The van der Waals surface area contributed by atoms with Crippen LogP contribution in [0.2, 0.25) is 5.15 Å². The van der Waals surface area contributed by atoms with Gasteiger partial charge in [0.1, 0.15) is 23.1 Å². The van der Waals surface area contributed by atoms with Crippen molar-refractivity contribution in [3.63, 3.8) is 0 Å². The predicted molar refractivity (Wildman–Crippen MR) is 112 cm³/mol. The Morgan fingerprint density at radius 2 is 2.00 bits per heavy atom. The first-order valence-corrected chi connectivity index (χ1v) is 10.6. The first-order valence-electron chi connectivity index (χ1n) is 10.2. The summed E-state index contributed by atoms with van der Waals surface area (Å²) < 4.78 is 35.8. The fourth-order valence-electron chi connectivity index (χ4n) is 3.86. The first-order chi connectivity index (χ1) is 14.0. The summed E-state index contributed by atoms with van der Waals surface area (Å²) in [5.41, 5.74) is 0.501. The third-order valence-corrected chi connectivity index (χ3v) is 5.61. The van der Waals surface area contributed by atoms with Crippen molar-refractivity contribution in [3.8, 4) is 0 Å². The maximum absolute atomic E-state index is 14.5. The average molecular weight is 440 g/mol. The van der Waals surface area contributed by atoms with Crippen LogP contribution in [0.3, 0.4) is 0 Å². The van der Waals surface area contributed by atoms with Gasteiger partial charge in [-0.2, -0.15) is 0 Å². The molecule has 2 heterocycles. The average Bonchev–Trinajstić information content (AvgIpc) is 3.00. The van der Waals surface area contributed by atoms with Crippen LogP contribution < -0.4 is 0 Å². The predicted octanol–water partition coefficient (Wildman–Crippen LogP) is 5.61. The maximum atomic E-state index is 14.5. The van der Waals surface area contributed by atoms with Crippen LogP contribution in [0.25, 0.3) is 0 Å². The van der Waals surface area contributed by atoms with Crippen molar-refractivity contribution in [2.45, 2.75) is 72.1 Å². The molecule has 1 amide bonds. The zero-order chi connectivity index (χ0) is 22.2. The van der Waals surface area contributed by atoms with Gasteiger partial charge in [-0.15, -0.1) is 0 Å². The lowest BCUT2D eigenvalue weighted by Gasteiger charge is -2.38. The number of carbonyl (C=O) groups excluding carboxylic acids is 1. The Bertz CT molecular complexity index is 953. The number of benzene rings is 1. The van der Waals surface area contributed by atoms with Crippen LogP contribution in [0.15, 0.2) is 12.1 Å². The van der Waals surface area contributed by atoms with Crippen LogP contribution in [0.1, 0.15) is 62.8 Å². The van der Waals surface area contributed by atoms with E-state index in [4.69, 9.17) is 16.3 Å². The number of aryl methyl sites for hydroxylation is 2. The number of nitrogens with zero attached hydrogens (tertiary/aromatic N) is 3. The zero-order valence-electron chi connectivity index (χ0n) is 18.1. The molecule has 1 unspecified atom stereocenters. The van der Waals surface area contributed by atoms with Crippen LogP contribution in [0, 0.1) is 18.6 Å². The van der Waals surface area contributed by atoms with Crippen LogP contribution in [0.4, 0.5) is 13.6 Å². The molecule has 3 rings (SSSR count). The van der Waals surface area contributed by atoms with Crippen molar-refractivity contribution >= 4 is 17.7 Å². The number of amides is 1. The molecule has 8 heteroatoms. The molecule has 5 nitrogen and oxygen atoms in total. The molecule has 1 aliphatic rings. The van der Waals surface area contributed by atoms with Crippen molar-refractivity contribution in [1.82, 2.24) is 14.5 Å². The molecule has 1 aromatic carbocycles. The van der Waals surface area contributed by atoms with Crippen LogP contribution in [0.5, 0.6) is 0 Å². The minimum absolute atomic E-state index is 0.00325. The standard InChI is InChI=1S/C22H28ClF2N3O2/c1-6-17-26-20(23)19-16(10-8-14-7-9-15(24)13(2)18(14)25)27(11-12-28(17)19)21(29)30-22(3,4)5/h7,9,16H,6,8,10-12H2,1-5H3. The lowest BCUT2D eigenvalue weighted by Crippen LogP contribution is -2.45. The number of ether oxygens (including phenoxy) is 1. The summed E-state index contributed by atoms with van der Waals surface area (Å²) in [4.78, 5) is 19.0. The molecule has 0 N–H and O–H groups in total. The highest BCUT2D eigenvalue weighted by Crippen LogP contribution is 2.36. The Labute approximate surface area is 181 Å². The molecule has 0 bridgehead atoms. The van der Waals surface area contributed by atoms with E-state index in [1.165, 1.54) is 19.1 Å². The monoisotopic (exact) mass is 439 g/mol. The third-order valence-electron chi connectivity index (χ3n) is 5.33. The molecule has 30 heavy (non-hydrogen) atoms. The van der Waals surface area contributed by atoms with E-state index >= 15 is 0 Å². The summed E-state index contributed by atoms with van der Waals surface area (Å²) in [6, 6.07) is 2.31. The maximum Gasteiger partial charge on any atom is 0.410 e. The molecule has 1 aromatic heterocycles. The molecule has 164 valence electrons. The van der Waals surface area contributed by atoms with E-state index in [0.717, 1.165) is 11.5 Å². The Balaban J connectivity index is 1.94. The van der Waals surface area contributed by atoms with Gasteiger partial charge in [-0.25, -0.2) is 18.6 Å². The normalized spacial score (nSPS) is 16.5. The SMILES string of the molecule is CCc1nc(Cl)c2n1CCN(C(=O)OC(C)(C)C)C2CCc1ccc(F)c(C)c1F. The lowest BCUT2D eigenvalue weighted by molar-refractivity contribution is 0.00947. The number of hydrogen-bond acceptors (Lipinski definition) is 3. The molecule has 1 atom stereocenters. The van der Waals surface area contributed by atoms with E-state index in [1.54, 1.807) is 4.90 Å². The Kier molecular flexibility index (Phi) is 6.41. The van der Waals surface area contributed by atoms with Crippen molar-refractivity contribution in [2.24, 2.45) is 0 Å². The minimum Gasteiger partial charge on any atom is -0.444 e. The van der Waals surface area contributed by atoms with E-state index in [2.05, 4.69) is 4.98 Å². The smallest absolute Gasteiger partial charge is 0.410 e. The highest BCUT2D eigenvalue weighted by Gasteiger charge is 2.37. The molecule has 0 saturated carbocycles. The van der Waals surface area contributed by atoms with Gasteiger partial charge in [-0.3, -0.25) is 4.90 Å². The molecular formula is C22H28ClF2N3O2. The molecular weight excluding hydrogens is 412 g/mol. The van der Waals surface area contributed by atoms with Gasteiger partial charge in [0.25, 0.3) is 0 Å². The molecule has 0 spiro atoms. The lowest BCUT2D eigenvalue weighted by atomic mass is 9.98. The molecule has 0 saturated heterocycles. The van der Waals surface area contributed by atoms with E-state index in [0.29, 0.717) is 43.1 Å². The molecule has 1 aliphatic heterocycles. The molecule has 0 fully saturated rings. The summed E-state index contributed by atoms with van der Waals surface area (Å²) in [6.07, 6.45) is 1.00. The van der Waals surface area contributed by atoms with Crippen LogP contribution >= 0.6 is 11.6 Å². The summed E-state index contributed by atoms with van der Waals surface area (Å²) in [6.45, 7) is 9.86. The minimum atomic E-state index is -0.641. The van der Waals surface area contributed by atoms with E-state index in [1.807, 2.05) is 32.3 Å². The fourth-order valence-corrected chi connectivity index (χ4v) is 4.19. The second kappa shape index (κ2) is 8.53. The summed E-state index contributed by atoms with van der Waals surface area (Å²) in [7, 11) is 0. The van der Waals surface area contributed by atoms with E-state index < -0.39 is 29.4 Å². The quantitative estimate of drug-likeness (QED) is 0.622. The number of hydrogen-bond donors (Lipinski definition) is 0. The Hall–Kier alpha value is -2.15. The third kappa shape index (κ3) is 4.46. The topological polar surface area (TPSA) is 47.4 Å². The fraction of sp³-hybridized carbons (Fsp3) is 0.545. The van der Waals surface area contributed by atoms with Gasteiger partial charge in [-0.1, -0.05) is 24.6 Å². The number of carbonyl (C=O) groups is 1. The number of aromatic nitrogens is 2. The summed E-state index contributed by atoms with van der Waals surface area (Å²) >= 11 is 6.46. The second-order valence-corrected chi connectivity index (χ2v) is 8.94. The van der Waals surface area contributed by atoms with Gasteiger partial charge in [0.2, 0.25) is 0 Å².